The number of nitrogen functional groups attached to an aromatic ring is 1. The average Bonchev–Trinajstić information content (AvgIpc) is 3.23. The van der Waals surface area contributed by atoms with Crippen molar-refractivity contribution in [1.82, 2.24) is 9.97 Å². The lowest BCUT2D eigenvalue weighted by Crippen LogP contribution is -1.95. The van der Waals surface area contributed by atoms with Crippen LogP contribution >= 0.6 is 23.2 Å². The number of anilines is 3. The number of nitrogens with two attached hydrogens (primary N) is 1. The molecule has 0 atom stereocenters. The molecule has 0 saturated carbocycles. The van der Waals surface area contributed by atoms with Gasteiger partial charge in [-0.2, -0.15) is 0 Å². The minimum atomic E-state index is 0.387. The van der Waals surface area contributed by atoms with Gasteiger partial charge in [0, 0.05) is 40.1 Å². The highest BCUT2D eigenvalue weighted by Crippen LogP contribution is 2.33. The number of nitrogens with one attached hydrogen (secondary N) is 2. The van der Waals surface area contributed by atoms with Gasteiger partial charge < -0.3 is 16.0 Å². The second-order valence-corrected chi connectivity index (χ2v) is 8.33. The summed E-state index contributed by atoms with van der Waals surface area (Å²) in [6.07, 6.45) is 4.96. The monoisotopic (exact) mass is 462 g/mol. The Kier molecular flexibility index (Phi) is 6.54. The van der Waals surface area contributed by atoms with E-state index in [0.29, 0.717) is 15.7 Å². The summed E-state index contributed by atoms with van der Waals surface area (Å²) in [6, 6.07) is 19.7. The number of fused-ring (bicyclic) bond motifs is 2. The molecule has 6 heteroatoms. The van der Waals surface area contributed by atoms with Gasteiger partial charge in [0.25, 0.3) is 0 Å². The highest BCUT2D eigenvalue weighted by Gasteiger charge is 2.07. The summed E-state index contributed by atoms with van der Waals surface area (Å²) in [5, 5.41) is 6.55. The van der Waals surface area contributed by atoms with Gasteiger partial charge in [-0.05, 0) is 48.7 Å². The van der Waals surface area contributed by atoms with Gasteiger partial charge in [0.15, 0.2) is 0 Å². The van der Waals surface area contributed by atoms with Crippen LogP contribution in [0.15, 0.2) is 73.1 Å². The smallest absolute Gasteiger partial charge is 0.0722 e. The molecule has 2 heterocycles. The summed E-state index contributed by atoms with van der Waals surface area (Å²) >= 11 is 12.1. The molecule has 0 spiro atoms. The van der Waals surface area contributed by atoms with Crippen molar-refractivity contribution >= 4 is 62.1 Å². The van der Waals surface area contributed by atoms with Crippen LogP contribution in [-0.4, -0.2) is 9.97 Å². The standard InChI is InChI=1S/C15H11Cl2N3.C11H13N/c16-11-7-9(8-12(17)15(11)18)20-14-5-6-19-13-4-2-1-3-10(13)14;1-3-9-7-12-11-8(2)5-4-6-10(9)11/h1-8H,18H2,(H,19,20);4-7,12H,3H2,1-2H3. The number of nitrogens with zero attached hydrogens (tertiary/aromatic N) is 1. The van der Waals surface area contributed by atoms with Gasteiger partial charge in [0.05, 0.1) is 21.2 Å². The molecular formula is C26H24Cl2N4. The molecule has 32 heavy (non-hydrogen) atoms. The molecule has 0 amide bonds. The number of H-pyrrole nitrogens is 1. The van der Waals surface area contributed by atoms with Crippen LogP contribution in [0.3, 0.4) is 0 Å². The predicted octanol–water partition coefficient (Wildman–Crippen LogP) is 7.91. The lowest BCUT2D eigenvalue weighted by molar-refractivity contribution is 1.15. The molecule has 5 rings (SSSR count). The molecule has 0 fully saturated rings. The first-order valence-electron chi connectivity index (χ1n) is 10.4. The number of hydrogen-bond donors (Lipinski definition) is 3. The summed E-state index contributed by atoms with van der Waals surface area (Å²) in [7, 11) is 0. The van der Waals surface area contributed by atoms with E-state index in [0.717, 1.165) is 28.7 Å². The fourth-order valence-electron chi connectivity index (χ4n) is 3.67. The first-order chi connectivity index (χ1) is 15.5. The highest BCUT2D eigenvalue weighted by atomic mass is 35.5. The molecule has 0 aliphatic heterocycles. The summed E-state index contributed by atoms with van der Waals surface area (Å²) in [5.74, 6) is 0. The lowest BCUT2D eigenvalue weighted by atomic mass is 10.1. The Bertz CT molecular complexity index is 1360. The quantitative estimate of drug-likeness (QED) is 0.238. The topological polar surface area (TPSA) is 66.7 Å². The maximum atomic E-state index is 6.04. The SMILES string of the molecule is CCc1c[nH]c2c(C)cccc12.Nc1c(Cl)cc(Nc2ccnc3ccccc23)cc1Cl. The Morgan fingerprint density at radius 3 is 2.44 bits per heavy atom. The zero-order chi connectivity index (χ0) is 22.7. The van der Waals surface area contributed by atoms with E-state index >= 15 is 0 Å². The predicted molar refractivity (Wildman–Crippen MR) is 138 cm³/mol. The molecule has 0 saturated heterocycles. The van der Waals surface area contributed by atoms with Crippen LogP contribution < -0.4 is 11.1 Å². The summed E-state index contributed by atoms with van der Waals surface area (Å²) in [6.45, 7) is 4.32. The zero-order valence-electron chi connectivity index (χ0n) is 17.9. The van der Waals surface area contributed by atoms with Gasteiger partial charge in [0.1, 0.15) is 0 Å². The number of aromatic amines is 1. The number of para-hydroxylation sites is 2. The molecule has 0 aliphatic rings. The van der Waals surface area contributed by atoms with Crippen LogP contribution in [-0.2, 0) is 6.42 Å². The van der Waals surface area contributed by atoms with Crippen LogP contribution in [0.5, 0.6) is 0 Å². The normalized spacial score (nSPS) is 10.8. The van der Waals surface area contributed by atoms with E-state index in [-0.39, 0.29) is 0 Å². The van der Waals surface area contributed by atoms with Crippen LogP contribution in [0.25, 0.3) is 21.8 Å². The van der Waals surface area contributed by atoms with Gasteiger partial charge in [-0.25, -0.2) is 0 Å². The van der Waals surface area contributed by atoms with E-state index in [1.165, 1.54) is 22.0 Å². The molecule has 2 aromatic heterocycles. The largest absolute Gasteiger partial charge is 0.396 e. The molecular weight excluding hydrogens is 439 g/mol. The van der Waals surface area contributed by atoms with Gasteiger partial charge in [-0.15, -0.1) is 0 Å². The Balaban J connectivity index is 0.000000174. The van der Waals surface area contributed by atoms with E-state index in [2.05, 4.69) is 53.5 Å². The van der Waals surface area contributed by atoms with Gasteiger partial charge >= 0.3 is 0 Å². The molecule has 3 aromatic carbocycles. The maximum absolute atomic E-state index is 6.04. The van der Waals surface area contributed by atoms with Crippen molar-refractivity contribution in [1.29, 1.82) is 0 Å². The maximum Gasteiger partial charge on any atom is 0.0722 e. The van der Waals surface area contributed by atoms with Crippen molar-refractivity contribution in [3.63, 3.8) is 0 Å². The van der Waals surface area contributed by atoms with Crippen molar-refractivity contribution < 1.29 is 0 Å². The molecule has 4 N–H and O–H groups in total. The summed E-state index contributed by atoms with van der Waals surface area (Å²) < 4.78 is 0. The Hall–Kier alpha value is -3.21. The highest BCUT2D eigenvalue weighted by molar-refractivity contribution is 6.39. The molecule has 0 unspecified atom stereocenters. The molecule has 0 radical (unpaired) electrons. The number of rotatable bonds is 3. The molecule has 5 aromatic rings. The molecule has 0 aliphatic carbocycles. The number of halogens is 2. The van der Waals surface area contributed by atoms with Crippen LogP contribution in [0.4, 0.5) is 17.1 Å². The fourth-order valence-corrected chi connectivity index (χ4v) is 4.16. The fraction of sp³-hybridized carbons (Fsp3) is 0.115. The van der Waals surface area contributed by atoms with Crippen LogP contribution in [0.2, 0.25) is 10.0 Å². The number of pyridine rings is 1. The van der Waals surface area contributed by atoms with E-state index in [4.69, 9.17) is 28.9 Å². The van der Waals surface area contributed by atoms with Crippen LogP contribution in [0.1, 0.15) is 18.1 Å². The van der Waals surface area contributed by atoms with Gasteiger partial charge in [0.2, 0.25) is 0 Å². The van der Waals surface area contributed by atoms with E-state index < -0.39 is 0 Å². The van der Waals surface area contributed by atoms with E-state index in [9.17, 15) is 0 Å². The molecule has 162 valence electrons. The second kappa shape index (κ2) is 9.51. The van der Waals surface area contributed by atoms with E-state index in [1.54, 1.807) is 18.3 Å². The van der Waals surface area contributed by atoms with Gasteiger partial charge in [-0.3, -0.25) is 4.98 Å². The lowest BCUT2D eigenvalue weighted by Gasteiger charge is -2.11. The minimum Gasteiger partial charge on any atom is -0.396 e. The first kappa shape index (κ1) is 22.0. The Morgan fingerprint density at radius 1 is 0.969 bits per heavy atom. The number of hydrogen-bond acceptors (Lipinski definition) is 3. The third-order valence-corrected chi connectivity index (χ3v) is 6.02. The third-order valence-electron chi connectivity index (χ3n) is 5.40. The van der Waals surface area contributed by atoms with Crippen molar-refractivity contribution in [3.05, 3.63) is 94.2 Å². The first-order valence-corrected chi connectivity index (χ1v) is 11.1. The molecule has 0 bridgehead atoms. The Morgan fingerprint density at radius 2 is 1.69 bits per heavy atom. The van der Waals surface area contributed by atoms with Crippen molar-refractivity contribution in [2.45, 2.75) is 20.3 Å². The average molecular weight is 463 g/mol. The summed E-state index contributed by atoms with van der Waals surface area (Å²) in [4.78, 5) is 7.63. The zero-order valence-corrected chi connectivity index (χ0v) is 19.4. The van der Waals surface area contributed by atoms with Gasteiger partial charge in [-0.1, -0.05) is 66.5 Å². The van der Waals surface area contributed by atoms with Crippen molar-refractivity contribution in [3.8, 4) is 0 Å². The van der Waals surface area contributed by atoms with E-state index in [1.807, 2.05) is 30.3 Å². The number of aryl methyl sites for hydroxylation is 2. The number of aromatic nitrogens is 2. The van der Waals surface area contributed by atoms with Crippen molar-refractivity contribution in [2.75, 3.05) is 11.1 Å². The summed E-state index contributed by atoms with van der Waals surface area (Å²) in [5.41, 5.74) is 12.8. The minimum absolute atomic E-state index is 0.387. The van der Waals surface area contributed by atoms with Crippen molar-refractivity contribution in [2.24, 2.45) is 0 Å². The second-order valence-electron chi connectivity index (χ2n) is 7.52. The number of benzene rings is 3. The molecule has 4 nitrogen and oxygen atoms in total. The third kappa shape index (κ3) is 4.52. The Labute approximate surface area is 197 Å². The van der Waals surface area contributed by atoms with Crippen LogP contribution in [0, 0.1) is 6.92 Å².